The Hall–Kier alpha value is -3.55. The Morgan fingerprint density at radius 3 is 2.52 bits per heavy atom. The fourth-order valence-electron chi connectivity index (χ4n) is 2.76. The van der Waals surface area contributed by atoms with Crippen molar-refractivity contribution in [1.29, 1.82) is 0 Å². The lowest BCUT2D eigenvalue weighted by atomic mass is 10.2. The Bertz CT molecular complexity index is 958. The summed E-state index contributed by atoms with van der Waals surface area (Å²) >= 11 is 0. The first-order chi connectivity index (χ1) is 14.0. The minimum atomic E-state index is -0.643. The average molecular weight is 397 g/mol. The van der Waals surface area contributed by atoms with Crippen molar-refractivity contribution < 1.29 is 23.5 Å². The monoisotopic (exact) mass is 397 g/mol. The number of nitrogens with zero attached hydrogens (tertiary/aromatic N) is 3. The van der Waals surface area contributed by atoms with E-state index < -0.39 is 6.10 Å². The van der Waals surface area contributed by atoms with E-state index >= 15 is 0 Å². The molecule has 3 aromatic rings. The van der Waals surface area contributed by atoms with E-state index in [9.17, 15) is 4.79 Å². The zero-order valence-corrected chi connectivity index (χ0v) is 16.8. The number of likely N-dealkylation sites (N-methyl/N-ethyl adjacent to an activating group) is 1. The summed E-state index contributed by atoms with van der Waals surface area (Å²) in [6.45, 7) is 1.87. The highest BCUT2D eigenvalue weighted by molar-refractivity contribution is 5.80. The second-order valence-electron chi connectivity index (χ2n) is 6.35. The molecule has 152 valence electrons. The van der Waals surface area contributed by atoms with Gasteiger partial charge in [-0.3, -0.25) is 4.79 Å². The number of benzene rings is 2. The van der Waals surface area contributed by atoms with Crippen LogP contribution in [0.15, 0.2) is 53.1 Å². The van der Waals surface area contributed by atoms with Crippen LogP contribution in [0.1, 0.15) is 12.8 Å². The lowest BCUT2D eigenvalue weighted by Gasteiger charge is -2.20. The lowest BCUT2D eigenvalue weighted by Crippen LogP contribution is -2.37. The number of hydrogen-bond donors (Lipinski definition) is 0. The predicted molar refractivity (Wildman–Crippen MR) is 106 cm³/mol. The fourth-order valence-corrected chi connectivity index (χ4v) is 2.76. The van der Waals surface area contributed by atoms with Crippen LogP contribution in [-0.4, -0.2) is 48.3 Å². The largest absolute Gasteiger partial charge is 0.493 e. The summed E-state index contributed by atoms with van der Waals surface area (Å²) in [4.78, 5) is 18.4. The van der Waals surface area contributed by atoms with Crippen molar-refractivity contribution in [3.8, 4) is 28.6 Å². The van der Waals surface area contributed by atoms with E-state index in [2.05, 4.69) is 10.1 Å². The molecule has 29 heavy (non-hydrogen) atoms. The predicted octanol–water partition coefficient (Wildman–Crippen LogP) is 3.18. The van der Waals surface area contributed by atoms with Gasteiger partial charge in [-0.25, -0.2) is 0 Å². The summed E-state index contributed by atoms with van der Waals surface area (Å²) in [7, 11) is 4.79. The molecule has 0 aliphatic heterocycles. The highest BCUT2D eigenvalue weighted by Gasteiger charge is 2.21. The minimum Gasteiger partial charge on any atom is -0.493 e. The van der Waals surface area contributed by atoms with Crippen LogP contribution in [0.25, 0.3) is 11.4 Å². The number of carbonyl (C=O) groups is 1. The summed E-state index contributed by atoms with van der Waals surface area (Å²) < 4.78 is 21.5. The molecule has 1 atom stereocenters. The van der Waals surface area contributed by atoms with Crippen LogP contribution in [0.3, 0.4) is 0 Å². The first-order valence-corrected chi connectivity index (χ1v) is 9.03. The Labute approximate surface area is 169 Å². The molecule has 0 saturated heterocycles. The summed E-state index contributed by atoms with van der Waals surface area (Å²) in [5, 5.41) is 3.99. The molecule has 2 aromatic carbocycles. The summed E-state index contributed by atoms with van der Waals surface area (Å²) in [5.74, 6) is 2.33. The molecule has 1 heterocycles. The molecule has 0 radical (unpaired) electrons. The van der Waals surface area contributed by atoms with Crippen LogP contribution < -0.4 is 14.2 Å². The van der Waals surface area contributed by atoms with Crippen LogP contribution in [0.5, 0.6) is 17.2 Å². The van der Waals surface area contributed by atoms with Crippen molar-refractivity contribution >= 4 is 5.91 Å². The molecule has 8 nitrogen and oxygen atoms in total. The molecule has 0 bridgehead atoms. The second-order valence-corrected chi connectivity index (χ2v) is 6.35. The maximum atomic E-state index is 12.6. The van der Waals surface area contributed by atoms with Gasteiger partial charge in [0.15, 0.2) is 17.6 Å². The van der Waals surface area contributed by atoms with E-state index in [0.717, 1.165) is 0 Å². The first kappa shape index (κ1) is 20.2. The maximum absolute atomic E-state index is 12.6. The summed E-state index contributed by atoms with van der Waals surface area (Å²) in [6, 6.07) is 14.5. The van der Waals surface area contributed by atoms with Gasteiger partial charge in [-0.05, 0) is 37.3 Å². The third kappa shape index (κ3) is 4.84. The number of carbonyl (C=O) groups excluding carboxylic acids is 1. The lowest BCUT2D eigenvalue weighted by molar-refractivity contribution is -0.137. The molecule has 0 fully saturated rings. The molecule has 1 aromatic heterocycles. The number of amides is 1. The third-order valence-electron chi connectivity index (χ3n) is 4.26. The highest BCUT2D eigenvalue weighted by Crippen LogP contribution is 2.31. The Balaban J connectivity index is 1.65. The zero-order chi connectivity index (χ0) is 20.8. The van der Waals surface area contributed by atoms with Crippen molar-refractivity contribution in [2.75, 3.05) is 21.3 Å². The number of para-hydroxylation sites is 1. The van der Waals surface area contributed by atoms with E-state index in [1.165, 1.54) is 4.90 Å². The smallest absolute Gasteiger partial charge is 0.263 e. The van der Waals surface area contributed by atoms with Crippen LogP contribution in [0.2, 0.25) is 0 Å². The van der Waals surface area contributed by atoms with Gasteiger partial charge in [-0.2, -0.15) is 4.98 Å². The number of methoxy groups -OCH3 is 2. The van der Waals surface area contributed by atoms with E-state index in [-0.39, 0.29) is 12.5 Å². The second kappa shape index (κ2) is 9.09. The van der Waals surface area contributed by atoms with Gasteiger partial charge in [-0.15, -0.1) is 0 Å². The SMILES string of the molecule is COc1ccc(-c2noc(CN(C)C(=O)[C@@H](C)Oc3ccccc3)n2)cc1OC. The van der Waals surface area contributed by atoms with E-state index in [0.29, 0.717) is 34.5 Å². The molecule has 0 saturated carbocycles. The van der Waals surface area contributed by atoms with Crippen molar-refractivity contribution in [1.82, 2.24) is 15.0 Å². The van der Waals surface area contributed by atoms with E-state index in [4.69, 9.17) is 18.7 Å². The molecule has 0 unspecified atom stereocenters. The average Bonchev–Trinajstić information content (AvgIpc) is 3.21. The van der Waals surface area contributed by atoms with Gasteiger partial charge in [0.25, 0.3) is 5.91 Å². The molecule has 0 aliphatic rings. The third-order valence-corrected chi connectivity index (χ3v) is 4.26. The van der Waals surface area contributed by atoms with Crippen molar-refractivity contribution in [3.05, 3.63) is 54.4 Å². The Morgan fingerprint density at radius 2 is 1.83 bits per heavy atom. The van der Waals surface area contributed by atoms with Crippen molar-refractivity contribution in [3.63, 3.8) is 0 Å². The molecular formula is C21H23N3O5. The maximum Gasteiger partial charge on any atom is 0.263 e. The number of rotatable bonds is 8. The summed E-state index contributed by atoms with van der Waals surface area (Å²) in [5.41, 5.74) is 0.715. The standard InChI is InChI=1S/C21H23N3O5/c1-14(28-16-8-6-5-7-9-16)21(25)24(2)13-19-22-20(23-29-19)15-10-11-17(26-3)18(12-15)27-4/h5-12,14H,13H2,1-4H3/t14-/m1/s1. The molecule has 0 N–H and O–H groups in total. The van der Waals surface area contributed by atoms with Gasteiger partial charge >= 0.3 is 0 Å². The molecular weight excluding hydrogens is 374 g/mol. The fraction of sp³-hybridized carbons (Fsp3) is 0.286. The van der Waals surface area contributed by atoms with Gasteiger partial charge in [0.05, 0.1) is 20.8 Å². The normalized spacial score (nSPS) is 11.6. The first-order valence-electron chi connectivity index (χ1n) is 9.03. The van der Waals surface area contributed by atoms with Crippen LogP contribution >= 0.6 is 0 Å². The number of ether oxygens (including phenoxy) is 3. The molecule has 1 amide bonds. The van der Waals surface area contributed by atoms with Gasteiger partial charge in [0.2, 0.25) is 11.7 Å². The molecule has 8 heteroatoms. The molecule has 0 aliphatic carbocycles. The van der Waals surface area contributed by atoms with Crippen molar-refractivity contribution in [2.24, 2.45) is 0 Å². The van der Waals surface area contributed by atoms with Gasteiger partial charge in [0, 0.05) is 12.6 Å². The Morgan fingerprint density at radius 1 is 1.10 bits per heavy atom. The molecule has 0 spiro atoms. The Kier molecular flexibility index (Phi) is 6.33. The summed E-state index contributed by atoms with van der Waals surface area (Å²) in [6.07, 6.45) is -0.643. The van der Waals surface area contributed by atoms with E-state index in [1.54, 1.807) is 58.5 Å². The highest BCUT2D eigenvalue weighted by atomic mass is 16.5. The molecule has 3 rings (SSSR count). The quantitative estimate of drug-likeness (QED) is 0.577. The topological polar surface area (TPSA) is 86.9 Å². The number of aromatic nitrogens is 2. The van der Waals surface area contributed by atoms with Crippen LogP contribution in [0, 0.1) is 0 Å². The van der Waals surface area contributed by atoms with Gasteiger partial charge in [-0.1, -0.05) is 23.4 Å². The van der Waals surface area contributed by atoms with Crippen molar-refractivity contribution in [2.45, 2.75) is 19.6 Å². The zero-order valence-electron chi connectivity index (χ0n) is 16.8. The van der Waals surface area contributed by atoms with Crippen LogP contribution in [-0.2, 0) is 11.3 Å². The van der Waals surface area contributed by atoms with Crippen LogP contribution in [0.4, 0.5) is 0 Å². The van der Waals surface area contributed by atoms with Gasteiger partial charge in [0.1, 0.15) is 5.75 Å². The van der Waals surface area contributed by atoms with Gasteiger partial charge < -0.3 is 23.6 Å². The minimum absolute atomic E-state index is 0.168. The van der Waals surface area contributed by atoms with E-state index in [1.807, 2.05) is 18.2 Å². The number of hydrogen-bond acceptors (Lipinski definition) is 7.